The van der Waals surface area contributed by atoms with Gasteiger partial charge in [0.2, 0.25) is 18.1 Å². The second-order valence-corrected chi connectivity index (χ2v) is 12.0. The first-order valence-electron chi connectivity index (χ1n) is 15.4. The number of fused-ring (bicyclic) bond motifs is 6. The Morgan fingerprint density at radius 1 is 1.02 bits per heavy atom. The Morgan fingerprint density at radius 3 is 2.49 bits per heavy atom. The Kier molecular flexibility index (Phi) is 11.1. The molecule has 1 saturated heterocycles. The van der Waals surface area contributed by atoms with Gasteiger partial charge in [0, 0.05) is 42.1 Å². The Morgan fingerprint density at radius 2 is 1.76 bits per heavy atom. The van der Waals surface area contributed by atoms with Gasteiger partial charge in [-0.3, -0.25) is 14.4 Å². The van der Waals surface area contributed by atoms with Crippen LogP contribution in [0, 0.1) is 17.2 Å². The average molecular weight is 690 g/mol. The number of rotatable bonds is 4. The van der Waals surface area contributed by atoms with E-state index in [-0.39, 0.29) is 17.7 Å². The van der Waals surface area contributed by atoms with Crippen molar-refractivity contribution in [2.24, 2.45) is 5.92 Å². The number of nitrogens with zero attached hydrogens (tertiary/aromatic N) is 4. The van der Waals surface area contributed by atoms with Crippen molar-refractivity contribution in [3.8, 4) is 6.07 Å². The second-order valence-electron chi connectivity index (χ2n) is 11.6. The summed E-state index contributed by atoms with van der Waals surface area (Å²) < 4.78 is 31.2. The number of hydrogen-bond donors (Lipinski definition) is 3. The number of anilines is 5. The fourth-order valence-electron chi connectivity index (χ4n) is 5.57. The number of aldehydes is 1. The lowest BCUT2D eigenvalue weighted by Crippen LogP contribution is -2.39. The molecule has 10 nitrogen and oxygen atoms in total. The lowest BCUT2D eigenvalue weighted by atomic mass is 9.92. The number of alkyl halides is 3. The standard InChI is InChI=1S/C33H30ClN7O2.C2HF3O/c34-28-20-36-33-38-26-6-2-3-21(16-26)7-8-24-18-27(37-31(28)40-33)9-10-29(24)39-30(42)17-22-11-13-41(14-12-22)32(43)25-5-1-4-23(15-25)19-35;3-2(4,5)1-6/h1-6,9-10,15-16,18,20,22H,7-8,11-14,17H2,(H,39,42)(H2,36,37,38,40);1H. The predicted octanol–water partition coefficient (Wildman–Crippen LogP) is 7.22. The number of amides is 2. The van der Waals surface area contributed by atoms with E-state index in [1.807, 2.05) is 35.2 Å². The van der Waals surface area contributed by atoms with E-state index in [0.29, 0.717) is 47.4 Å². The Hall–Kier alpha value is -5.48. The summed E-state index contributed by atoms with van der Waals surface area (Å²) in [5.41, 5.74) is 5.61. The van der Waals surface area contributed by atoms with Crippen LogP contribution in [0.1, 0.15) is 46.3 Å². The van der Waals surface area contributed by atoms with E-state index in [1.54, 1.807) is 30.5 Å². The SMILES string of the molecule is N#Cc1cccc(C(=O)N2CCC(CC(=O)Nc3ccc4cc3CCc3cccc(c3)Nc3ncc(Cl)c(n3)N4)CC2)c1.O=CC(F)(F)F. The maximum absolute atomic E-state index is 13.2. The minimum Gasteiger partial charge on any atom is -0.339 e. The molecule has 0 spiro atoms. The molecular formula is C35H31ClF3N7O3. The first-order valence-corrected chi connectivity index (χ1v) is 15.8. The smallest absolute Gasteiger partial charge is 0.339 e. The molecule has 0 saturated carbocycles. The monoisotopic (exact) mass is 689 g/mol. The summed E-state index contributed by atoms with van der Waals surface area (Å²) in [4.78, 5) is 45.5. The number of nitrogens with one attached hydrogen (secondary N) is 3. The normalized spacial score (nSPS) is 14.1. The lowest BCUT2D eigenvalue weighted by molar-refractivity contribution is -0.156. The minimum atomic E-state index is -4.64. The van der Waals surface area contributed by atoms with Crippen LogP contribution in [-0.2, 0) is 22.4 Å². The van der Waals surface area contributed by atoms with Crippen molar-refractivity contribution in [1.82, 2.24) is 14.9 Å². The number of aromatic nitrogens is 2. The summed E-state index contributed by atoms with van der Waals surface area (Å²) in [7, 11) is 0. The van der Waals surface area contributed by atoms with Crippen molar-refractivity contribution < 1.29 is 27.6 Å². The van der Waals surface area contributed by atoms with Crippen LogP contribution in [0.25, 0.3) is 0 Å². The van der Waals surface area contributed by atoms with Crippen molar-refractivity contribution in [1.29, 1.82) is 5.26 Å². The van der Waals surface area contributed by atoms with Crippen molar-refractivity contribution in [2.75, 3.05) is 29.0 Å². The molecule has 1 aromatic heterocycles. The van der Waals surface area contributed by atoms with E-state index in [1.165, 1.54) is 0 Å². The van der Waals surface area contributed by atoms with Gasteiger partial charge < -0.3 is 20.9 Å². The van der Waals surface area contributed by atoms with Crippen molar-refractivity contribution >= 4 is 58.5 Å². The molecule has 0 radical (unpaired) electrons. The molecule has 6 rings (SSSR count). The number of carbonyl (C=O) groups excluding carboxylic acids is 3. The van der Waals surface area contributed by atoms with E-state index in [9.17, 15) is 22.8 Å². The molecule has 14 heteroatoms. The zero-order valence-electron chi connectivity index (χ0n) is 26.1. The van der Waals surface area contributed by atoms with Gasteiger partial charge in [-0.05, 0) is 91.3 Å². The number of carbonyl (C=O) groups is 3. The molecule has 2 aliphatic rings. The number of likely N-dealkylation sites (tertiary alicyclic amines) is 1. The topological polar surface area (TPSA) is 140 Å². The number of aryl methyl sites for hydroxylation is 2. The third-order valence-electron chi connectivity index (χ3n) is 8.00. The molecule has 49 heavy (non-hydrogen) atoms. The van der Waals surface area contributed by atoms with E-state index in [2.05, 4.69) is 44.1 Å². The van der Waals surface area contributed by atoms with E-state index < -0.39 is 12.5 Å². The van der Waals surface area contributed by atoms with E-state index in [4.69, 9.17) is 21.7 Å². The molecule has 252 valence electrons. The van der Waals surface area contributed by atoms with Crippen LogP contribution in [0.3, 0.4) is 0 Å². The van der Waals surface area contributed by atoms with Gasteiger partial charge >= 0.3 is 6.18 Å². The summed E-state index contributed by atoms with van der Waals surface area (Å²) >= 11 is 6.39. The number of nitriles is 1. The van der Waals surface area contributed by atoms with Crippen LogP contribution in [-0.4, -0.2) is 52.2 Å². The third kappa shape index (κ3) is 9.77. The molecular weight excluding hydrogens is 659 g/mol. The summed E-state index contributed by atoms with van der Waals surface area (Å²) in [5, 5.41) is 19.2. The van der Waals surface area contributed by atoms with Gasteiger partial charge in [0.1, 0.15) is 5.02 Å². The van der Waals surface area contributed by atoms with Gasteiger partial charge in [-0.2, -0.15) is 23.4 Å². The first kappa shape index (κ1) is 34.8. The number of hydrogen-bond acceptors (Lipinski definition) is 8. The molecule has 0 aliphatic carbocycles. The number of piperidine rings is 1. The maximum atomic E-state index is 13.2. The summed E-state index contributed by atoms with van der Waals surface area (Å²) in [6.07, 6.45) is -0.752. The minimum absolute atomic E-state index is 0.0407. The van der Waals surface area contributed by atoms with Crippen LogP contribution in [0.4, 0.5) is 42.0 Å². The van der Waals surface area contributed by atoms with Crippen LogP contribution in [0.2, 0.25) is 5.02 Å². The highest BCUT2D eigenvalue weighted by Crippen LogP contribution is 2.30. The second kappa shape index (κ2) is 15.6. The molecule has 3 heterocycles. The van der Waals surface area contributed by atoms with Gasteiger partial charge in [0.25, 0.3) is 5.91 Å². The third-order valence-corrected chi connectivity index (χ3v) is 8.28. The van der Waals surface area contributed by atoms with Gasteiger partial charge in [0.05, 0.1) is 17.8 Å². The predicted molar refractivity (Wildman–Crippen MR) is 179 cm³/mol. The zero-order chi connectivity index (χ0) is 35.0. The van der Waals surface area contributed by atoms with E-state index in [0.717, 1.165) is 53.9 Å². The molecule has 3 aromatic carbocycles. The first-order chi connectivity index (χ1) is 23.5. The van der Waals surface area contributed by atoms with Gasteiger partial charge in [0.15, 0.2) is 5.82 Å². The van der Waals surface area contributed by atoms with Crippen LogP contribution < -0.4 is 16.0 Å². The lowest BCUT2D eigenvalue weighted by Gasteiger charge is -2.32. The molecule has 6 bridgehead atoms. The molecule has 0 atom stereocenters. The average Bonchev–Trinajstić information content (AvgIpc) is 3.10. The van der Waals surface area contributed by atoms with Gasteiger partial charge in [-0.1, -0.05) is 29.8 Å². The largest absolute Gasteiger partial charge is 0.446 e. The Bertz CT molecular complexity index is 1890. The van der Waals surface area contributed by atoms with Crippen LogP contribution >= 0.6 is 11.6 Å². The number of halogens is 4. The van der Waals surface area contributed by atoms with Gasteiger partial charge in [-0.15, -0.1) is 0 Å². The number of benzene rings is 3. The molecule has 4 aromatic rings. The highest BCUT2D eigenvalue weighted by Gasteiger charge is 2.26. The maximum Gasteiger partial charge on any atom is 0.446 e. The highest BCUT2D eigenvalue weighted by atomic mass is 35.5. The van der Waals surface area contributed by atoms with Crippen molar-refractivity contribution in [3.63, 3.8) is 0 Å². The highest BCUT2D eigenvalue weighted by molar-refractivity contribution is 6.32. The summed E-state index contributed by atoms with van der Waals surface area (Å²) in [6.45, 7) is 1.17. The molecule has 2 aliphatic heterocycles. The molecule has 1 fully saturated rings. The molecule has 0 unspecified atom stereocenters. The Labute approximate surface area is 285 Å². The molecule has 2 amide bonds. The summed E-state index contributed by atoms with van der Waals surface area (Å²) in [6, 6.07) is 22.8. The van der Waals surface area contributed by atoms with Crippen LogP contribution in [0.15, 0.2) is 72.9 Å². The fraction of sp³-hybridized carbons (Fsp3) is 0.257. The van der Waals surface area contributed by atoms with Crippen LogP contribution in [0.5, 0.6) is 0 Å². The van der Waals surface area contributed by atoms with Gasteiger partial charge in [-0.25, -0.2) is 4.98 Å². The quantitative estimate of drug-likeness (QED) is 0.191. The summed E-state index contributed by atoms with van der Waals surface area (Å²) in [5.74, 6) is 0.996. The molecule has 3 N–H and O–H groups in total. The van der Waals surface area contributed by atoms with E-state index >= 15 is 0 Å². The zero-order valence-corrected chi connectivity index (χ0v) is 26.8. The van der Waals surface area contributed by atoms with Crippen molar-refractivity contribution in [2.45, 2.75) is 38.3 Å². The van der Waals surface area contributed by atoms with Crippen molar-refractivity contribution in [3.05, 3.63) is 100 Å². The fourth-order valence-corrected chi connectivity index (χ4v) is 5.71. The Balaban J connectivity index is 0.000000717.